The van der Waals surface area contributed by atoms with E-state index < -0.39 is 0 Å². The minimum atomic E-state index is 0.720. The Hall–Kier alpha value is -0.600. The molecule has 2 aromatic rings. The van der Waals surface area contributed by atoms with Crippen LogP contribution in [0.15, 0.2) is 10.8 Å². The van der Waals surface area contributed by atoms with E-state index >= 15 is 0 Å². The zero-order chi connectivity index (χ0) is 14.9. The molecule has 0 amide bonds. The lowest BCUT2D eigenvalue weighted by atomic mass is 9.97. The third-order valence-corrected chi connectivity index (χ3v) is 6.13. The smallest absolute Gasteiger partial charge is 0.0480 e. The second-order valence-corrected chi connectivity index (χ2v) is 8.40. The first-order chi connectivity index (χ1) is 9.40. The summed E-state index contributed by atoms with van der Waals surface area (Å²) in [4.78, 5) is 3.03. The van der Waals surface area contributed by atoms with Crippen molar-refractivity contribution in [2.24, 2.45) is 11.8 Å². The first-order valence-electron chi connectivity index (χ1n) is 7.54. The molecular weight excluding hydrogens is 280 g/mol. The van der Waals surface area contributed by atoms with Gasteiger partial charge in [-0.2, -0.15) is 0 Å². The van der Waals surface area contributed by atoms with Gasteiger partial charge in [-0.25, -0.2) is 0 Å². The number of aryl methyl sites for hydroxylation is 1. The van der Waals surface area contributed by atoms with Crippen LogP contribution in [0, 0.1) is 25.7 Å². The van der Waals surface area contributed by atoms with Crippen molar-refractivity contribution >= 4 is 22.7 Å². The Morgan fingerprint density at radius 2 is 1.45 bits per heavy atom. The Bertz CT molecular complexity index is 570. The van der Waals surface area contributed by atoms with Gasteiger partial charge in [0, 0.05) is 9.75 Å². The van der Waals surface area contributed by atoms with Gasteiger partial charge in [0.05, 0.1) is 0 Å². The molecule has 2 heterocycles. The topological polar surface area (TPSA) is 0 Å². The van der Waals surface area contributed by atoms with E-state index in [4.69, 9.17) is 0 Å². The summed E-state index contributed by atoms with van der Waals surface area (Å²) in [6, 6.07) is 0. The highest BCUT2D eigenvalue weighted by atomic mass is 32.1. The molecule has 0 saturated carbocycles. The van der Waals surface area contributed by atoms with Crippen LogP contribution in [-0.4, -0.2) is 0 Å². The van der Waals surface area contributed by atoms with Crippen LogP contribution in [0.25, 0.3) is 9.75 Å². The number of rotatable bonds is 5. The van der Waals surface area contributed by atoms with E-state index in [1.165, 1.54) is 33.7 Å². The van der Waals surface area contributed by atoms with Crippen molar-refractivity contribution in [3.63, 3.8) is 0 Å². The van der Waals surface area contributed by atoms with E-state index in [1.54, 1.807) is 11.1 Å². The summed E-state index contributed by atoms with van der Waals surface area (Å²) in [5, 5.41) is 4.70. The Kier molecular flexibility index (Phi) is 5.09. The minimum Gasteiger partial charge on any atom is -0.142 e. The van der Waals surface area contributed by atoms with Crippen LogP contribution >= 0.6 is 22.7 Å². The Balaban J connectivity index is 2.39. The highest BCUT2D eigenvalue weighted by Gasteiger charge is 2.17. The quantitative estimate of drug-likeness (QED) is 0.592. The second-order valence-electron chi connectivity index (χ2n) is 6.64. The van der Waals surface area contributed by atoms with Crippen molar-refractivity contribution in [1.29, 1.82) is 0 Å². The van der Waals surface area contributed by atoms with Crippen LogP contribution in [0.4, 0.5) is 0 Å². The van der Waals surface area contributed by atoms with Gasteiger partial charge in [-0.15, -0.1) is 22.7 Å². The molecule has 0 aliphatic carbocycles. The van der Waals surface area contributed by atoms with Crippen LogP contribution in [0.1, 0.15) is 49.9 Å². The fourth-order valence-electron chi connectivity index (χ4n) is 2.64. The van der Waals surface area contributed by atoms with Crippen molar-refractivity contribution in [1.82, 2.24) is 0 Å². The predicted octanol–water partition coefficient (Wildman–Crippen LogP) is 6.49. The van der Waals surface area contributed by atoms with Gasteiger partial charge in [0.25, 0.3) is 0 Å². The second kappa shape index (κ2) is 6.44. The van der Waals surface area contributed by atoms with Crippen molar-refractivity contribution in [3.05, 3.63) is 33.0 Å². The highest BCUT2D eigenvalue weighted by Crippen LogP contribution is 2.40. The van der Waals surface area contributed by atoms with Gasteiger partial charge in [0.15, 0.2) is 0 Å². The number of hydrogen-bond acceptors (Lipinski definition) is 2. The zero-order valence-corrected chi connectivity index (χ0v) is 15.2. The van der Waals surface area contributed by atoms with Crippen LogP contribution < -0.4 is 0 Å². The first kappa shape index (κ1) is 15.8. The standard InChI is InChI=1S/C18H26S2/c1-11(2)7-15-10-20-17(14(15)6)18-16(8-12(3)4)13(5)9-19-18/h9-12H,7-8H2,1-6H3. The summed E-state index contributed by atoms with van der Waals surface area (Å²) < 4.78 is 0. The average molecular weight is 307 g/mol. The molecule has 2 rings (SSSR count). The van der Waals surface area contributed by atoms with Gasteiger partial charge in [-0.3, -0.25) is 0 Å². The summed E-state index contributed by atoms with van der Waals surface area (Å²) >= 11 is 3.86. The first-order valence-corrected chi connectivity index (χ1v) is 9.30. The number of hydrogen-bond donors (Lipinski definition) is 0. The molecule has 0 atom stereocenters. The Morgan fingerprint density at radius 1 is 0.850 bits per heavy atom. The van der Waals surface area contributed by atoms with Gasteiger partial charge in [0.1, 0.15) is 0 Å². The van der Waals surface area contributed by atoms with Gasteiger partial charge in [0.2, 0.25) is 0 Å². The lowest BCUT2D eigenvalue weighted by Gasteiger charge is -2.09. The summed E-state index contributed by atoms with van der Waals surface area (Å²) in [5.74, 6) is 1.45. The normalized spacial score (nSPS) is 11.8. The molecule has 0 aromatic carbocycles. The molecule has 0 aliphatic heterocycles. The molecule has 0 saturated heterocycles. The lowest BCUT2D eigenvalue weighted by molar-refractivity contribution is 0.646. The predicted molar refractivity (Wildman–Crippen MR) is 94.2 cm³/mol. The molecule has 0 aliphatic rings. The third kappa shape index (κ3) is 3.35. The van der Waals surface area contributed by atoms with Crippen LogP contribution in [0.5, 0.6) is 0 Å². The maximum Gasteiger partial charge on any atom is 0.0480 e. The molecular formula is C18H26S2. The summed E-state index contributed by atoms with van der Waals surface area (Å²) in [5.41, 5.74) is 6.10. The molecule has 0 N–H and O–H groups in total. The molecule has 0 fully saturated rings. The van der Waals surface area contributed by atoms with Crippen molar-refractivity contribution in [2.45, 2.75) is 54.4 Å². The average Bonchev–Trinajstić information content (AvgIpc) is 2.85. The maximum atomic E-state index is 2.37. The molecule has 0 nitrogen and oxygen atoms in total. The van der Waals surface area contributed by atoms with E-state index in [1.807, 2.05) is 22.7 Å². The Morgan fingerprint density at radius 3 is 2.05 bits per heavy atom. The van der Waals surface area contributed by atoms with Crippen molar-refractivity contribution in [3.8, 4) is 9.75 Å². The molecule has 0 spiro atoms. The van der Waals surface area contributed by atoms with E-state index in [-0.39, 0.29) is 0 Å². The third-order valence-electron chi connectivity index (χ3n) is 3.69. The monoisotopic (exact) mass is 306 g/mol. The van der Waals surface area contributed by atoms with Crippen LogP contribution in [0.3, 0.4) is 0 Å². The van der Waals surface area contributed by atoms with Gasteiger partial charge in [-0.1, -0.05) is 27.7 Å². The van der Waals surface area contributed by atoms with Crippen molar-refractivity contribution in [2.75, 3.05) is 0 Å². The fourth-order valence-corrected chi connectivity index (χ4v) is 5.08. The van der Waals surface area contributed by atoms with Crippen LogP contribution in [0.2, 0.25) is 0 Å². The molecule has 2 aromatic heterocycles. The summed E-state index contributed by atoms with van der Waals surface area (Å²) in [7, 11) is 0. The summed E-state index contributed by atoms with van der Waals surface area (Å²) in [6.45, 7) is 13.8. The minimum absolute atomic E-state index is 0.720. The number of thiophene rings is 2. The fraction of sp³-hybridized carbons (Fsp3) is 0.556. The SMILES string of the molecule is Cc1csc(-c2scc(CC(C)C)c2C)c1CC(C)C. The largest absolute Gasteiger partial charge is 0.142 e. The molecule has 0 bridgehead atoms. The van der Waals surface area contributed by atoms with Gasteiger partial charge >= 0.3 is 0 Å². The lowest BCUT2D eigenvalue weighted by Crippen LogP contribution is -1.97. The highest BCUT2D eigenvalue weighted by molar-refractivity contribution is 7.20. The molecule has 110 valence electrons. The van der Waals surface area contributed by atoms with E-state index in [0.717, 1.165) is 11.8 Å². The van der Waals surface area contributed by atoms with Gasteiger partial charge in [-0.05, 0) is 71.5 Å². The Labute approximate surface area is 131 Å². The molecule has 20 heavy (non-hydrogen) atoms. The van der Waals surface area contributed by atoms with E-state index in [9.17, 15) is 0 Å². The maximum absolute atomic E-state index is 2.37. The molecule has 0 radical (unpaired) electrons. The van der Waals surface area contributed by atoms with E-state index in [2.05, 4.69) is 52.3 Å². The van der Waals surface area contributed by atoms with Gasteiger partial charge < -0.3 is 0 Å². The molecule has 0 unspecified atom stereocenters. The molecule has 2 heteroatoms. The summed E-state index contributed by atoms with van der Waals surface area (Å²) in [6.07, 6.45) is 2.40. The van der Waals surface area contributed by atoms with Crippen LogP contribution in [-0.2, 0) is 12.8 Å². The zero-order valence-electron chi connectivity index (χ0n) is 13.5. The van der Waals surface area contributed by atoms with E-state index in [0.29, 0.717) is 0 Å². The van der Waals surface area contributed by atoms with Crippen molar-refractivity contribution < 1.29 is 0 Å².